The van der Waals surface area contributed by atoms with Crippen LogP contribution in [-0.2, 0) is 16.6 Å². The number of nitrogens with one attached hydrogen (secondary N) is 1. The maximum atomic E-state index is 14.6. The summed E-state index contributed by atoms with van der Waals surface area (Å²) >= 11 is 0. The number of benzene rings is 1. The number of nitrogens with two attached hydrogens (primary N) is 1. The third kappa shape index (κ3) is 3.76. The molecule has 3 N–H and O–H groups in total. The fourth-order valence-electron chi connectivity index (χ4n) is 4.49. The zero-order valence-electron chi connectivity index (χ0n) is 19.1. The van der Waals surface area contributed by atoms with E-state index >= 15 is 0 Å². The van der Waals surface area contributed by atoms with Gasteiger partial charge in [-0.3, -0.25) is 4.79 Å². The molecule has 0 aliphatic carbocycles. The number of aromatic nitrogens is 4. The molecule has 0 saturated carbocycles. The number of pyridine rings is 1. The lowest BCUT2D eigenvalue weighted by molar-refractivity contribution is -0.284. The second kappa shape index (κ2) is 8.18. The Hall–Kier alpha value is -4.16. The van der Waals surface area contributed by atoms with Crippen molar-refractivity contribution in [1.29, 1.82) is 0 Å². The number of anilines is 2. The third-order valence-corrected chi connectivity index (χ3v) is 6.45. The quantitative estimate of drug-likeness (QED) is 0.365. The fraction of sp³-hybridized carbons (Fsp3) is 0.250. The number of hydrogen-bond acceptors (Lipinski definition) is 5. The predicted octanol–water partition coefficient (Wildman–Crippen LogP) is 4.90. The van der Waals surface area contributed by atoms with E-state index in [0.717, 1.165) is 0 Å². The largest absolute Gasteiger partial charge is 0.453 e. The van der Waals surface area contributed by atoms with Crippen LogP contribution in [0.4, 0.5) is 38.0 Å². The summed E-state index contributed by atoms with van der Waals surface area (Å²) in [6, 6.07) is 10.4. The fourth-order valence-corrected chi connectivity index (χ4v) is 4.49. The van der Waals surface area contributed by atoms with Crippen LogP contribution in [0.2, 0.25) is 0 Å². The number of nitrogens with zero attached hydrogens (tertiary/aromatic N) is 4. The number of imidazole rings is 1. The molecule has 0 radical (unpaired) electrons. The zero-order chi connectivity index (χ0) is 26.8. The molecule has 1 aliphatic heterocycles. The van der Waals surface area contributed by atoms with Gasteiger partial charge in [0, 0.05) is 24.6 Å². The molecule has 4 heterocycles. The number of rotatable bonds is 5. The molecule has 192 valence electrons. The molecule has 0 bridgehead atoms. The summed E-state index contributed by atoms with van der Waals surface area (Å²) in [6.45, 7) is 1.48. The van der Waals surface area contributed by atoms with Crippen molar-refractivity contribution in [2.75, 3.05) is 11.1 Å². The van der Waals surface area contributed by atoms with Crippen molar-refractivity contribution < 1.29 is 31.1 Å². The number of amides is 1. The summed E-state index contributed by atoms with van der Waals surface area (Å²) < 4.78 is 81.1. The monoisotopic (exact) mass is 520 g/mol. The van der Waals surface area contributed by atoms with Crippen molar-refractivity contribution in [3.05, 3.63) is 71.4 Å². The number of fused-ring (bicyclic) bond motifs is 2. The summed E-state index contributed by atoms with van der Waals surface area (Å²) in [5, 5.41) is 2.59. The lowest BCUT2D eigenvalue weighted by Crippen LogP contribution is -2.36. The highest BCUT2D eigenvalue weighted by molar-refractivity contribution is 6.09. The Bertz CT molecular complexity index is 1550. The zero-order valence-corrected chi connectivity index (χ0v) is 19.1. The lowest BCUT2D eigenvalue weighted by atomic mass is 9.77. The lowest BCUT2D eigenvalue weighted by Gasteiger charge is -2.23. The van der Waals surface area contributed by atoms with E-state index in [1.807, 2.05) is 0 Å². The number of carbonyl (C=O) groups is 1. The van der Waals surface area contributed by atoms with E-state index in [1.54, 1.807) is 24.3 Å². The number of hydrogen-bond donors (Lipinski definition) is 2. The number of alkyl halides is 5. The van der Waals surface area contributed by atoms with Crippen LogP contribution in [0.5, 0.6) is 0 Å². The number of aryl methyl sites for hydroxylation is 1. The Morgan fingerprint density at radius 1 is 1.03 bits per heavy atom. The van der Waals surface area contributed by atoms with E-state index in [2.05, 4.69) is 20.3 Å². The molecule has 5 rings (SSSR count). The van der Waals surface area contributed by atoms with E-state index in [0.29, 0.717) is 5.52 Å². The van der Waals surface area contributed by atoms with Gasteiger partial charge in [-0.15, -0.1) is 0 Å². The molecule has 0 spiro atoms. The van der Waals surface area contributed by atoms with Crippen LogP contribution in [0.25, 0.3) is 17.0 Å². The molecule has 1 aromatic carbocycles. The molecule has 1 atom stereocenters. The highest BCUT2D eigenvalue weighted by atomic mass is 19.4. The molecular weight excluding hydrogens is 502 g/mol. The van der Waals surface area contributed by atoms with E-state index < -0.39 is 42.1 Å². The maximum absolute atomic E-state index is 14.6. The van der Waals surface area contributed by atoms with Crippen LogP contribution in [0.3, 0.4) is 0 Å². The molecule has 4 aromatic rings. The van der Waals surface area contributed by atoms with Crippen LogP contribution in [0.1, 0.15) is 30.3 Å². The van der Waals surface area contributed by atoms with Crippen molar-refractivity contribution in [2.45, 2.75) is 37.3 Å². The van der Waals surface area contributed by atoms with E-state index in [9.17, 15) is 31.1 Å². The molecule has 3 aromatic heterocycles. The second-order valence-electron chi connectivity index (χ2n) is 8.75. The average molecular weight is 520 g/mol. The number of halogens is 6. The Kier molecular flexibility index (Phi) is 5.42. The minimum absolute atomic E-state index is 0.0143. The van der Waals surface area contributed by atoms with Gasteiger partial charge in [-0.1, -0.05) is 24.3 Å². The molecule has 0 fully saturated rings. The van der Waals surface area contributed by atoms with Crippen LogP contribution in [0.15, 0.2) is 48.7 Å². The Morgan fingerprint density at radius 3 is 2.43 bits per heavy atom. The second-order valence-corrected chi connectivity index (χ2v) is 8.75. The van der Waals surface area contributed by atoms with E-state index in [-0.39, 0.29) is 40.1 Å². The standard InChI is InChI=1S/C24H18F6N6O/c1-22(12-6-2-3-7-13(12)25)16-18(31)33-20(34-19(16)35-21(22)37)17-14-8-4-5-11-36(14)15(32-17)9-10-23(26,27)24(28,29)30/h2-8,11H,9-10H2,1H3,(H3,31,33,34,35,37). The van der Waals surface area contributed by atoms with Gasteiger partial charge in [0.15, 0.2) is 5.82 Å². The van der Waals surface area contributed by atoms with Gasteiger partial charge in [-0.25, -0.2) is 19.3 Å². The van der Waals surface area contributed by atoms with Crippen molar-refractivity contribution in [3.63, 3.8) is 0 Å². The smallest absolute Gasteiger partial charge is 0.383 e. The van der Waals surface area contributed by atoms with Gasteiger partial charge in [0.2, 0.25) is 5.91 Å². The number of nitrogen functional groups attached to an aromatic ring is 1. The molecule has 37 heavy (non-hydrogen) atoms. The first-order valence-corrected chi connectivity index (χ1v) is 11.0. The topological polar surface area (TPSA) is 98.2 Å². The van der Waals surface area contributed by atoms with Gasteiger partial charge < -0.3 is 15.5 Å². The number of carbonyl (C=O) groups excluding carboxylic acids is 1. The van der Waals surface area contributed by atoms with Gasteiger partial charge >= 0.3 is 12.1 Å². The summed E-state index contributed by atoms with van der Waals surface area (Å²) in [6.07, 6.45) is -6.43. The van der Waals surface area contributed by atoms with Gasteiger partial charge in [-0.2, -0.15) is 22.0 Å². The van der Waals surface area contributed by atoms with Gasteiger partial charge in [0.25, 0.3) is 0 Å². The Balaban J connectivity index is 1.60. The van der Waals surface area contributed by atoms with E-state index in [1.165, 1.54) is 35.7 Å². The van der Waals surface area contributed by atoms with Gasteiger partial charge in [0.1, 0.15) is 34.4 Å². The van der Waals surface area contributed by atoms with Crippen LogP contribution < -0.4 is 11.1 Å². The highest BCUT2D eigenvalue weighted by Crippen LogP contribution is 2.46. The minimum Gasteiger partial charge on any atom is -0.383 e. The molecule has 13 heteroatoms. The summed E-state index contributed by atoms with van der Waals surface area (Å²) in [4.78, 5) is 25.9. The molecule has 1 amide bonds. The average Bonchev–Trinajstić information content (AvgIpc) is 3.32. The Labute approximate surface area is 205 Å². The van der Waals surface area contributed by atoms with Crippen LogP contribution in [-0.4, -0.2) is 37.4 Å². The summed E-state index contributed by atoms with van der Waals surface area (Å²) in [5.74, 6) is -6.41. The maximum Gasteiger partial charge on any atom is 0.453 e. The molecule has 0 saturated heterocycles. The molecule has 1 aliphatic rings. The van der Waals surface area contributed by atoms with Crippen LogP contribution >= 0.6 is 0 Å². The first kappa shape index (κ1) is 24.5. The van der Waals surface area contributed by atoms with Gasteiger partial charge in [-0.05, 0) is 25.1 Å². The summed E-state index contributed by atoms with van der Waals surface area (Å²) in [7, 11) is 0. The molecule has 1 unspecified atom stereocenters. The van der Waals surface area contributed by atoms with Crippen molar-refractivity contribution in [1.82, 2.24) is 19.4 Å². The SMILES string of the molecule is CC1(c2ccccc2F)C(=O)Nc2nc(-c3nc(CCC(F)(F)C(F)(F)F)n4ccccc34)nc(N)c21. The van der Waals surface area contributed by atoms with Crippen LogP contribution in [0, 0.1) is 5.82 Å². The molecule has 7 nitrogen and oxygen atoms in total. The third-order valence-electron chi connectivity index (χ3n) is 6.45. The van der Waals surface area contributed by atoms with E-state index in [4.69, 9.17) is 5.73 Å². The van der Waals surface area contributed by atoms with Gasteiger partial charge in [0.05, 0.1) is 11.1 Å². The first-order chi connectivity index (χ1) is 17.3. The predicted molar refractivity (Wildman–Crippen MR) is 121 cm³/mol. The normalized spacial score (nSPS) is 17.8. The van der Waals surface area contributed by atoms with Crippen molar-refractivity contribution >= 4 is 23.1 Å². The minimum atomic E-state index is -5.69. The Morgan fingerprint density at radius 2 is 1.73 bits per heavy atom. The van der Waals surface area contributed by atoms with Crippen molar-refractivity contribution in [3.8, 4) is 11.5 Å². The molecular formula is C24H18F6N6O. The summed E-state index contributed by atoms with van der Waals surface area (Å²) in [5.41, 5.74) is 5.30. The highest BCUT2D eigenvalue weighted by Gasteiger charge is 2.56. The van der Waals surface area contributed by atoms with Crippen molar-refractivity contribution in [2.24, 2.45) is 0 Å². The first-order valence-electron chi connectivity index (χ1n) is 11.0.